The average molecular weight is 402 g/mol. The van der Waals surface area contributed by atoms with Crippen LogP contribution in [0.5, 0.6) is 11.5 Å². The van der Waals surface area contributed by atoms with Gasteiger partial charge in [-0.15, -0.1) is 0 Å². The predicted molar refractivity (Wildman–Crippen MR) is 99.8 cm³/mol. The molecule has 1 saturated heterocycles. The maximum Gasteiger partial charge on any atom is 0.412 e. The molecule has 2 fully saturated rings. The van der Waals surface area contributed by atoms with Crippen LogP contribution in [0.25, 0.3) is 0 Å². The van der Waals surface area contributed by atoms with Gasteiger partial charge in [-0.3, -0.25) is 4.79 Å². The van der Waals surface area contributed by atoms with E-state index in [1.807, 2.05) is 0 Å². The Bertz CT molecular complexity index is 662. The monoisotopic (exact) mass is 401 g/mol. The van der Waals surface area contributed by atoms with Crippen LogP contribution in [0, 0.1) is 0 Å². The van der Waals surface area contributed by atoms with Crippen molar-refractivity contribution in [3.63, 3.8) is 0 Å². The first kappa shape index (κ1) is 19.5. The van der Waals surface area contributed by atoms with Gasteiger partial charge in [0.2, 0.25) is 0 Å². The fourth-order valence-corrected chi connectivity index (χ4v) is 5.71. The van der Waals surface area contributed by atoms with Gasteiger partial charge in [0.15, 0.2) is 0 Å². The molecule has 1 saturated carbocycles. The second-order valence-corrected chi connectivity index (χ2v) is 9.62. The highest BCUT2D eigenvalue weighted by Crippen LogP contribution is 2.58. The maximum atomic E-state index is 13.0. The van der Waals surface area contributed by atoms with E-state index < -0.39 is 12.9 Å². The van der Waals surface area contributed by atoms with Crippen LogP contribution < -0.4 is 9.26 Å². The molecular formula is C18H25ClNO5P. The second kappa shape index (κ2) is 8.64. The molecule has 6 nitrogen and oxygen atoms in total. The van der Waals surface area contributed by atoms with E-state index in [4.69, 9.17) is 25.2 Å². The lowest BCUT2D eigenvalue weighted by atomic mass is 9.98. The lowest BCUT2D eigenvalue weighted by molar-refractivity contribution is -0.154. The van der Waals surface area contributed by atoms with Gasteiger partial charge < -0.3 is 14.0 Å². The van der Waals surface area contributed by atoms with Gasteiger partial charge in [-0.2, -0.15) is 4.67 Å². The van der Waals surface area contributed by atoms with Crippen LogP contribution in [-0.2, 0) is 14.1 Å². The van der Waals surface area contributed by atoms with Crippen molar-refractivity contribution in [2.45, 2.75) is 57.1 Å². The standard InChI is InChI=1S/C18H25ClNO5P/c1-23-14-9-11-16(12-10-14)25-26(19,22)20-13-5-8-17(20)18(21)24-15-6-3-2-4-7-15/h9-12,15,17H,2-8,13H2,1H3/t17-,26?/m0/s1. The van der Waals surface area contributed by atoms with Crippen molar-refractivity contribution in [2.75, 3.05) is 13.7 Å². The first-order valence-corrected chi connectivity index (χ1v) is 11.6. The molecule has 1 aliphatic heterocycles. The summed E-state index contributed by atoms with van der Waals surface area (Å²) < 4.78 is 30.7. The van der Waals surface area contributed by atoms with E-state index in [1.54, 1.807) is 31.4 Å². The summed E-state index contributed by atoms with van der Waals surface area (Å²) in [5.74, 6) is 0.695. The summed E-state index contributed by atoms with van der Waals surface area (Å²) in [6.45, 7) is -3.24. The van der Waals surface area contributed by atoms with E-state index in [9.17, 15) is 9.36 Å². The fraction of sp³-hybridized carbons (Fsp3) is 0.611. The van der Waals surface area contributed by atoms with E-state index >= 15 is 0 Å². The number of nitrogens with zero attached hydrogens (tertiary/aromatic N) is 1. The molecule has 1 heterocycles. The molecule has 1 aromatic carbocycles. The molecule has 2 aliphatic rings. The van der Waals surface area contributed by atoms with Gasteiger partial charge >= 0.3 is 12.8 Å². The molecule has 1 aliphatic carbocycles. The number of hydrogen-bond donors (Lipinski definition) is 0. The Morgan fingerprint density at radius 2 is 1.73 bits per heavy atom. The summed E-state index contributed by atoms with van der Waals surface area (Å²) in [4.78, 5) is 12.6. The Labute approximate surface area is 159 Å². The molecule has 0 amide bonds. The zero-order chi connectivity index (χ0) is 18.6. The molecule has 0 radical (unpaired) electrons. The topological polar surface area (TPSA) is 65.1 Å². The van der Waals surface area contributed by atoms with Gasteiger partial charge in [0, 0.05) is 17.8 Å². The van der Waals surface area contributed by atoms with Crippen molar-refractivity contribution in [1.82, 2.24) is 4.67 Å². The van der Waals surface area contributed by atoms with Gasteiger partial charge in [-0.05, 0) is 62.8 Å². The summed E-state index contributed by atoms with van der Waals surface area (Å²) >= 11 is 6.25. The highest BCUT2D eigenvalue weighted by molar-refractivity contribution is 7.83. The zero-order valence-electron chi connectivity index (χ0n) is 14.9. The third kappa shape index (κ3) is 4.73. The lowest BCUT2D eigenvalue weighted by Crippen LogP contribution is -2.37. The number of methoxy groups -OCH3 is 1. The van der Waals surface area contributed by atoms with Crippen LogP contribution >= 0.6 is 18.1 Å². The molecule has 0 spiro atoms. The lowest BCUT2D eigenvalue weighted by Gasteiger charge is -2.29. The van der Waals surface area contributed by atoms with Gasteiger partial charge in [-0.1, -0.05) is 6.42 Å². The number of hydrogen-bond acceptors (Lipinski definition) is 5. The van der Waals surface area contributed by atoms with E-state index in [0.717, 1.165) is 32.1 Å². The molecule has 0 N–H and O–H groups in total. The van der Waals surface area contributed by atoms with Crippen LogP contribution in [-0.4, -0.2) is 36.4 Å². The highest BCUT2D eigenvalue weighted by atomic mass is 35.7. The number of carbonyl (C=O) groups excluding carboxylic acids is 1. The van der Waals surface area contributed by atoms with Crippen LogP contribution in [0.1, 0.15) is 44.9 Å². The third-order valence-corrected chi connectivity index (χ3v) is 7.23. The largest absolute Gasteiger partial charge is 0.497 e. The minimum atomic E-state index is -3.69. The van der Waals surface area contributed by atoms with Gasteiger partial charge in [0.25, 0.3) is 0 Å². The molecule has 8 heteroatoms. The first-order valence-electron chi connectivity index (χ1n) is 9.10. The summed E-state index contributed by atoms with van der Waals surface area (Å²) in [5, 5.41) is 0. The van der Waals surface area contributed by atoms with Crippen molar-refractivity contribution in [3.05, 3.63) is 24.3 Å². The number of benzene rings is 1. The number of halogens is 1. The summed E-state index contributed by atoms with van der Waals surface area (Å²) in [5.41, 5.74) is 0. The van der Waals surface area contributed by atoms with Crippen LogP contribution in [0.3, 0.4) is 0 Å². The zero-order valence-corrected chi connectivity index (χ0v) is 16.6. The number of carbonyl (C=O) groups is 1. The fourth-order valence-electron chi connectivity index (χ4n) is 3.52. The van der Waals surface area contributed by atoms with Gasteiger partial charge in [0.1, 0.15) is 23.6 Å². The van der Waals surface area contributed by atoms with Crippen molar-refractivity contribution in [1.29, 1.82) is 0 Å². The molecule has 144 valence electrons. The van der Waals surface area contributed by atoms with Crippen LogP contribution in [0.4, 0.5) is 0 Å². The highest BCUT2D eigenvalue weighted by Gasteiger charge is 2.44. The van der Waals surface area contributed by atoms with E-state index in [1.165, 1.54) is 11.1 Å². The predicted octanol–water partition coefficient (Wildman–Crippen LogP) is 4.76. The van der Waals surface area contributed by atoms with Gasteiger partial charge in [0.05, 0.1) is 7.11 Å². The van der Waals surface area contributed by atoms with E-state index in [0.29, 0.717) is 24.5 Å². The third-order valence-electron chi connectivity index (χ3n) is 4.92. The smallest absolute Gasteiger partial charge is 0.412 e. The number of esters is 1. The first-order chi connectivity index (χ1) is 12.5. The molecule has 26 heavy (non-hydrogen) atoms. The Morgan fingerprint density at radius 1 is 1.08 bits per heavy atom. The summed E-state index contributed by atoms with van der Waals surface area (Å²) in [6, 6.07) is 6.06. The summed E-state index contributed by atoms with van der Waals surface area (Å²) in [7, 11) is 1.56. The molecule has 0 bridgehead atoms. The normalized spacial score (nSPS) is 24.0. The van der Waals surface area contributed by atoms with Gasteiger partial charge in [-0.25, -0.2) is 4.57 Å². The Morgan fingerprint density at radius 3 is 2.38 bits per heavy atom. The van der Waals surface area contributed by atoms with E-state index in [-0.39, 0.29) is 12.1 Å². The Hall–Kier alpha value is -1.23. The van der Waals surface area contributed by atoms with Crippen LogP contribution in [0.2, 0.25) is 0 Å². The van der Waals surface area contributed by atoms with Crippen LogP contribution in [0.15, 0.2) is 24.3 Å². The van der Waals surface area contributed by atoms with E-state index in [2.05, 4.69) is 0 Å². The molecule has 1 aromatic rings. The molecule has 3 rings (SSSR count). The van der Waals surface area contributed by atoms with Crippen molar-refractivity contribution in [3.8, 4) is 11.5 Å². The maximum absolute atomic E-state index is 13.0. The minimum absolute atomic E-state index is 0.0316. The molecule has 0 aromatic heterocycles. The second-order valence-electron chi connectivity index (χ2n) is 6.74. The number of ether oxygens (including phenoxy) is 2. The summed E-state index contributed by atoms with van der Waals surface area (Å²) in [6.07, 6.45) is 6.44. The average Bonchev–Trinajstić information content (AvgIpc) is 3.14. The van der Waals surface area contributed by atoms with Crippen molar-refractivity contribution in [2.24, 2.45) is 0 Å². The molecule has 2 atom stereocenters. The number of rotatable bonds is 6. The van der Waals surface area contributed by atoms with Crippen molar-refractivity contribution >= 4 is 24.1 Å². The van der Waals surface area contributed by atoms with Crippen molar-refractivity contribution < 1.29 is 23.4 Å². The quantitative estimate of drug-likeness (QED) is 0.505. The molecular weight excluding hydrogens is 377 g/mol. The Balaban J connectivity index is 1.64. The Kier molecular flexibility index (Phi) is 6.49. The molecule has 1 unspecified atom stereocenters. The minimum Gasteiger partial charge on any atom is -0.497 e. The SMILES string of the molecule is COc1ccc(OP(=O)(Cl)N2CCC[C@H]2C(=O)OC2CCCCC2)cc1.